The van der Waals surface area contributed by atoms with E-state index in [0.29, 0.717) is 5.38 Å². The van der Waals surface area contributed by atoms with Crippen molar-refractivity contribution < 1.29 is 0 Å². The van der Waals surface area contributed by atoms with Gasteiger partial charge in [0.1, 0.15) is 0 Å². The third-order valence-electron chi connectivity index (χ3n) is 3.52. The first-order chi connectivity index (χ1) is 6.81. The molecule has 0 spiro atoms. The lowest BCUT2D eigenvalue weighted by Crippen LogP contribution is -2.44. The van der Waals surface area contributed by atoms with Crippen LogP contribution in [0.4, 0.5) is 0 Å². The van der Waals surface area contributed by atoms with E-state index in [1.54, 1.807) is 0 Å². The molecular formula is C11H20ClNS. The zero-order chi connectivity index (χ0) is 9.97. The Morgan fingerprint density at radius 1 is 1.29 bits per heavy atom. The van der Waals surface area contributed by atoms with Crippen LogP contribution in [0.25, 0.3) is 0 Å². The van der Waals surface area contributed by atoms with Crippen molar-refractivity contribution in [2.24, 2.45) is 0 Å². The number of thioether (sulfide) groups is 1. The number of rotatable bonds is 4. The molecule has 0 saturated carbocycles. The molecule has 3 heteroatoms. The first-order valence-electron chi connectivity index (χ1n) is 5.78. The molecule has 2 unspecified atom stereocenters. The summed E-state index contributed by atoms with van der Waals surface area (Å²) in [4.78, 5) is 2.72. The predicted molar refractivity (Wildman–Crippen MR) is 65.4 cm³/mol. The summed E-state index contributed by atoms with van der Waals surface area (Å²) in [7, 11) is 0. The molecule has 0 aromatic rings. The van der Waals surface area contributed by atoms with Crippen molar-refractivity contribution in [3.8, 4) is 0 Å². The first kappa shape index (κ1) is 11.1. The number of nitrogens with zero attached hydrogens (tertiary/aromatic N) is 1. The molecule has 0 aliphatic carbocycles. The van der Waals surface area contributed by atoms with E-state index >= 15 is 0 Å². The minimum Gasteiger partial charge on any atom is -0.297 e. The van der Waals surface area contributed by atoms with E-state index in [2.05, 4.69) is 23.6 Å². The fourth-order valence-electron chi connectivity index (χ4n) is 2.89. The van der Waals surface area contributed by atoms with Crippen LogP contribution in [0, 0.1) is 0 Å². The number of fused-ring (bicyclic) bond motifs is 2. The summed E-state index contributed by atoms with van der Waals surface area (Å²) in [6, 6.07) is 1.63. The molecule has 2 aliphatic rings. The lowest BCUT2D eigenvalue weighted by molar-refractivity contribution is 0.153. The van der Waals surface area contributed by atoms with Crippen molar-refractivity contribution in [2.75, 3.05) is 18.1 Å². The Balaban J connectivity index is 1.82. The van der Waals surface area contributed by atoms with Gasteiger partial charge in [-0.1, -0.05) is 6.92 Å². The fraction of sp³-hybridized carbons (Fsp3) is 1.00. The summed E-state index contributed by atoms with van der Waals surface area (Å²) in [5.74, 6) is 2.55. The third kappa shape index (κ3) is 2.40. The van der Waals surface area contributed by atoms with E-state index in [1.807, 2.05) is 0 Å². The summed E-state index contributed by atoms with van der Waals surface area (Å²) in [6.07, 6.45) is 5.25. The van der Waals surface area contributed by atoms with Crippen molar-refractivity contribution in [3.05, 3.63) is 0 Å². The summed E-state index contributed by atoms with van der Waals surface area (Å²) in [5, 5.41) is 0.461. The largest absolute Gasteiger partial charge is 0.297 e. The van der Waals surface area contributed by atoms with E-state index in [0.717, 1.165) is 12.1 Å². The van der Waals surface area contributed by atoms with E-state index in [-0.39, 0.29) is 0 Å². The Bertz CT molecular complexity index is 174. The first-order valence-corrected chi connectivity index (χ1v) is 7.38. The van der Waals surface area contributed by atoms with Gasteiger partial charge >= 0.3 is 0 Å². The quantitative estimate of drug-likeness (QED) is 0.543. The van der Waals surface area contributed by atoms with Crippen LogP contribution in [0.1, 0.15) is 32.6 Å². The molecular weight excluding hydrogens is 214 g/mol. The van der Waals surface area contributed by atoms with Crippen LogP contribution in [0.5, 0.6) is 0 Å². The van der Waals surface area contributed by atoms with Crippen LogP contribution in [-0.2, 0) is 0 Å². The van der Waals surface area contributed by atoms with Gasteiger partial charge in [0.15, 0.2) is 0 Å². The van der Waals surface area contributed by atoms with Crippen LogP contribution < -0.4 is 0 Å². The number of hydrogen-bond donors (Lipinski definition) is 0. The Labute approximate surface area is 96.6 Å². The smallest absolute Gasteiger partial charge is 0.0365 e. The second-order valence-electron chi connectivity index (χ2n) is 4.39. The SMILES string of the molecule is CCSCCN1C2CCC1CC(Cl)C2. The molecule has 0 aromatic carbocycles. The van der Waals surface area contributed by atoms with Gasteiger partial charge in [0.25, 0.3) is 0 Å². The Morgan fingerprint density at radius 3 is 2.50 bits per heavy atom. The number of alkyl halides is 1. The third-order valence-corrected chi connectivity index (χ3v) is 4.76. The molecule has 2 aliphatic heterocycles. The normalized spacial score (nSPS) is 37.7. The number of hydrogen-bond acceptors (Lipinski definition) is 2. The molecule has 2 bridgehead atoms. The fourth-order valence-corrected chi connectivity index (χ4v) is 3.93. The minimum atomic E-state index is 0.461. The molecule has 2 fully saturated rings. The molecule has 1 nitrogen and oxygen atoms in total. The molecule has 2 saturated heterocycles. The average Bonchev–Trinajstić information content (AvgIpc) is 2.42. The summed E-state index contributed by atoms with van der Waals surface area (Å²) >= 11 is 8.30. The molecule has 2 heterocycles. The van der Waals surface area contributed by atoms with Gasteiger partial charge in [0.2, 0.25) is 0 Å². The zero-order valence-electron chi connectivity index (χ0n) is 8.92. The molecule has 2 atom stereocenters. The maximum Gasteiger partial charge on any atom is 0.0365 e. The van der Waals surface area contributed by atoms with Crippen LogP contribution in [0.2, 0.25) is 0 Å². The second-order valence-corrected chi connectivity index (χ2v) is 6.40. The van der Waals surface area contributed by atoms with E-state index in [4.69, 9.17) is 11.6 Å². The lowest BCUT2D eigenvalue weighted by atomic mass is 10.0. The second kappa shape index (κ2) is 5.09. The highest BCUT2D eigenvalue weighted by molar-refractivity contribution is 7.99. The lowest BCUT2D eigenvalue weighted by Gasteiger charge is -2.36. The number of halogens is 1. The summed E-state index contributed by atoms with van der Waals surface area (Å²) < 4.78 is 0. The topological polar surface area (TPSA) is 3.24 Å². The van der Waals surface area contributed by atoms with Crippen LogP contribution in [0.3, 0.4) is 0 Å². The van der Waals surface area contributed by atoms with E-state index in [9.17, 15) is 0 Å². The standard InChI is InChI=1S/C11H20ClNS/c1-2-14-6-5-13-10-3-4-11(13)8-9(12)7-10/h9-11H,2-8H2,1H3. The Morgan fingerprint density at radius 2 is 1.93 bits per heavy atom. The van der Waals surface area contributed by atoms with Crippen molar-refractivity contribution in [1.82, 2.24) is 4.90 Å². The van der Waals surface area contributed by atoms with Gasteiger partial charge in [0, 0.05) is 29.8 Å². The van der Waals surface area contributed by atoms with Gasteiger partial charge in [-0.2, -0.15) is 11.8 Å². The van der Waals surface area contributed by atoms with Crippen molar-refractivity contribution >= 4 is 23.4 Å². The van der Waals surface area contributed by atoms with Gasteiger partial charge < -0.3 is 0 Å². The molecule has 2 rings (SSSR count). The van der Waals surface area contributed by atoms with Crippen molar-refractivity contribution in [3.63, 3.8) is 0 Å². The number of piperidine rings is 1. The van der Waals surface area contributed by atoms with Crippen LogP contribution in [0.15, 0.2) is 0 Å². The van der Waals surface area contributed by atoms with Crippen molar-refractivity contribution in [2.45, 2.75) is 50.1 Å². The molecule has 0 radical (unpaired) electrons. The average molecular weight is 234 g/mol. The van der Waals surface area contributed by atoms with Gasteiger partial charge in [-0.3, -0.25) is 4.90 Å². The van der Waals surface area contributed by atoms with E-state index < -0.39 is 0 Å². The molecule has 0 amide bonds. The van der Waals surface area contributed by atoms with Crippen LogP contribution in [-0.4, -0.2) is 40.4 Å². The van der Waals surface area contributed by atoms with E-state index in [1.165, 1.54) is 43.7 Å². The Hall–Kier alpha value is 0.600. The predicted octanol–water partition coefficient (Wildman–Crippen LogP) is 2.97. The molecule has 0 N–H and O–H groups in total. The molecule has 82 valence electrons. The Kier molecular flexibility index (Phi) is 4.03. The monoisotopic (exact) mass is 233 g/mol. The zero-order valence-corrected chi connectivity index (χ0v) is 10.5. The highest BCUT2D eigenvalue weighted by atomic mass is 35.5. The highest BCUT2D eigenvalue weighted by Gasteiger charge is 2.39. The summed E-state index contributed by atoms with van der Waals surface area (Å²) in [6.45, 7) is 3.53. The summed E-state index contributed by atoms with van der Waals surface area (Å²) in [5.41, 5.74) is 0. The van der Waals surface area contributed by atoms with Crippen molar-refractivity contribution in [1.29, 1.82) is 0 Å². The molecule has 14 heavy (non-hydrogen) atoms. The highest BCUT2D eigenvalue weighted by Crippen LogP contribution is 2.37. The van der Waals surface area contributed by atoms with Gasteiger partial charge in [-0.25, -0.2) is 0 Å². The maximum absolute atomic E-state index is 6.24. The minimum absolute atomic E-state index is 0.461. The van der Waals surface area contributed by atoms with Gasteiger partial charge in [-0.05, 0) is 31.4 Å². The van der Waals surface area contributed by atoms with Gasteiger partial charge in [-0.15, -0.1) is 11.6 Å². The maximum atomic E-state index is 6.24. The molecule has 0 aromatic heterocycles. The van der Waals surface area contributed by atoms with Gasteiger partial charge in [0.05, 0.1) is 0 Å². The van der Waals surface area contributed by atoms with Crippen LogP contribution >= 0.6 is 23.4 Å².